The first kappa shape index (κ1) is 68.0. The second-order valence-electron chi connectivity index (χ2n) is 22.3. The SMILES string of the molecule is CCNC(=O)[C@@H]1CCN1C(=O)[C@H](CCCN=C(N)N)NC(=O)[C@H](CC(C)C)NC(=O)[C@@H](CCCCN)NC(=O)[C@H](Cc1ccc(OC)cc1)NC(=O)[C@H](CO)NC(=O)[C@H](Cc1c[nH]c2ccccc12)NC(=O)[C@H](Cc1cnc[nH]1)NC(=O)[C@@H]1CCC(=O)N1. The molecule has 10 amide bonds. The summed E-state index contributed by atoms with van der Waals surface area (Å²) in [6.07, 6.45) is 6.07. The van der Waals surface area contributed by atoms with Crippen LogP contribution in [0.2, 0.25) is 0 Å². The van der Waals surface area contributed by atoms with Crippen LogP contribution in [0.15, 0.2) is 72.2 Å². The maximum Gasteiger partial charge on any atom is 0.245 e. The van der Waals surface area contributed by atoms with Crippen LogP contribution in [0.3, 0.4) is 0 Å². The number of nitrogens with zero attached hydrogens (tertiary/aromatic N) is 3. The van der Waals surface area contributed by atoms with Crippen LogP contribution >= 0.6 is 0 Å². The molecule has 0 unspecified atom stereocenters. The van der Waals surface area contributed by atoms with Gasteiger partial charge in [-0.25, -0.2) is 4.98 Å². The Hall–Kier alpha value is -9.12. The monoisotopic (exact) mass is 1220 g/mol. The molecule has 2 aliphatic rings. The van der Waals surface area contributed by atoms with Crippen LogP contribution in [0.4, 0.5) is 0 Å². The molecule has 4 heterocycles. The molecule has 2 aromatic heterocycles. The Kier molecular flexibility index (Phi) is 26.0. The van der Waals surface area contributed by atoms with Crippen molar-refractivity contribution in [2.24, 2.45) is 28.1 Å². The average molecular weight is 1220 g/mol. The van der Waals surface area contributed by atoms with E-state index in [9.17, 15) is 53.1 Å². The molecule has 0 saturated carbocycles. The number of aliphatic hydroxyl groups is 1. The van der Waals surface area contributed by atoms with E-state index in [1.54, 1.807) is 43.5 Å². The number of aliphatic hydroxyl groups excluding tert-OH is 1. The smallest absolute Gasteiger partial charge is 0.245 e. The second kappa shape index (κ2) is 33.7. The molecule has 2 aromatic carbocycles. The van der Waals surface area contributed by atoms with Crippen molar-refractivity contribution in [3.05, 3.63) is 84.1 Å². The highest BCUT2D eigenvalue weighted by molar-refractivity contribution is 5.99. The molecule has 2 saturated heterocycles. The lowest BCUT2D eigenvalue weighted by Gasteiger charge is -2.41. The highest BCUT2D eigenvalue weighted by Gasteiger charge is 2.42. The number of likely N-dealkylation sites (tertiary alicyclic amines) is 1. The molecule has 478 valence electrons. The number of rotatable bonds is 35. The van der Waals surface area contributed by atoms with E-state index < -0.39 is 108 Å². The van der Waals surface area contributed by atoms with Crippen molar-refractivity contribution < 1.29 is 57.8 Å². The van der Waals surface area contributed by atoms with E-state index in [0.29, 0.717) is 48.4 Å². The minimum absolute atomic E-state index is 0.0263. The zero-order valence-corrected chi connectivity index (χ0v) is 50.2. The quantitative estimate of drug-likeness (QED) is 0.0129. The topological polar surface area (TPSA) is 447 Å². The number of guanidine groups is 1. The number of ether oxygens (including phenoxy) is 1. The first-order valence-corrected chi connectivity index (χ1v) is 29.7. The number of benzene rings is 2. The zero-order chi connectivity index (χ0) is 63.9. The number of H-pyrrole nitrogens is 2. The van der Waals surface area contributed by atoms with Crippen LogP contribution < -0.4 is 69.8 Å². The number of carbonyl (C=O) groups is 10. The Morgan fingerprint density at radius 2 is 1.34 bits per heavy atom. The summed E-state index contributed by atoms with van der Waals surface area (Å²) in [5.74, 6) is -6.72. The number of nitrogens with two attached hydrogens (primary N) is 3. The number of carbonyl (C=O) groups excluding carboxylic acids is 10. The fourth-order valence-electron chi connectivity index (χ4n) is 10.3. The maximum absolute atomic E-state index is 14.8. The van der Waals surface area contributed by atoms with Gasteiger partial charge in [0, 0.05) is 74.3 Å². The van der Waals surface area contributed by atoms with Gasteiger partial charge in [0.05, 0.1) is 20.0 Å². The summed E-state index contributed by atoms with van der Waals surface area (Å²) in [4.78, 5) is 155. The number of hydrogen-bond acceptors (Lipinski definition) is 15. The number of fused-ring (bicyclic) bond motifs is 1. The number of amides is 10. The third kappa shape index (κ3) is 20.0. The predicted molar refractivity (Wildman–Crippen MR) is 324 cm³/mol. The normalized spacial score (nSPS) is 16.9. The zero-order valence-electron chi connectivity index (χ0n) is 50.2. The molecule has 88 heavy (non-hydrogen) atoms. The van der Waals surface area contributed by atoms with Gasteiger partial charge >= 0.3 is 0 Å². The number of aromatic amines is 2. The summed E-state index contributed by atoms with van der Waals surface area (Å²) < 4.78 is 5.33. The summed E-state index contributed by atoms with van der Waals surface area (Å²) in [5.41, 5.74) is 19.2. The van der Waals surface area contributed by atoms with Gasteiger partial charge in [-0.15, -0.1) is 0 Å². The van der Waals surface area contributed by atoms with Crippen molar-refractivity contribution in [1.29, 1.82) is 0 Å². The van der Waals surface area contributed by atoms with Gasteiger partial charge in [-0.05, 0) is 100 Å². The van der Waals surface area contributed by atoms with E-state index in [-0.39, 0.29) is 101 Å². The molecule has 18 N–H and O–H groups in total. The lowest BCUT2D eigenvalue weighted by Crippen LogP contribution is -2.63. The molecule has 0 spiro atoms. The molecule has 0 bridgehead atoms. The molecular weight excluding hydrogens is 1140 g/mol. The van der Waals surface area contributed by atoms with E-state index >= 15 is 0 Å². The number of imidazole rings is 1. The molecule has 0 radical (unpaired) electrons. The Balaban J connectivity index is 1.23. The first-order valence-electron chi connectivity index (χ1n) is 29.7. The Morgan fingerprint density at radius 1 is 0.727 bits per heavy atom. The Labute approximate surface area is 509 Å². The number of unbranched alkanes of at least 4 members (excludes halogenated alkanes) is 1. The summed E-state index contributed by atoms with van der Waals surface area (Å²) in [6, 6.07) is 2.49. The van der Waals surface area contributed by atoms with Crippen LogP contribution in [0.1, 0.15) is 95.4 Å². The van der Waals surface area contributed by atoms with Crippen LogP contribution in [-0.2, 0) is 67.2 Å². The van der Waals surface area contributed by atoms with Gasteiger partial charge in [-0.2, -0.15) is 0 Å². The first-order chi connectivity index (χ1) is 42.2. The number of para-hydroxylation sites is 1. The minimum atomic E-state index is -1.74. The van der Waals surface area contributed by atoms with Crippen LogP contribution in [0, 0.1) is 5.92 Å². The number of hydrogen-bond donors (Lipinski definition) is 15. The highest BCUT2D eigenvalue weighted by atomic mass is 16.5. The number of aromatic nitrogens is 3. The standard InChI is InChI=1S/C59H85N17O12/c1-5-64-57(86)48-21-24-76(48)58(87)42(14-10-23-65-59(61)62)70-52(81)43(25-33(2)3)71-50(79)40(13-8-9-22-60)69-53(82)44(26-34-15-17-37(88-4)18-16-34)72-56(85)47(31-77)75-54(83)45(27-35-29-66-39-12-7-6-11-38(35)39)73-55(84)46(28-36-30-63-32-67-36)74-51(80)41-19-20-49(78)68-41/h6-7,11-12,15-18,29-30,32-33,40-48,66,77H,5,8-10,13-14,19-28,31,60H2,1-4H3,(H,63,67)(H,64,86)(H,68,78)(H,69,82)(H,70,81)(H,71,79)(H,72,85)(H,73,84)(H,74,80)(H,75,83)(H4,61,62,65)/t40-,41+,42+,43+,44+,45+,46+,47+,48+/m1/s1. The van der Waals surface area contributed by atoms with Gasteiger partial charge < -0.3 is 89.8 Å². The van der Waals surface area contributed by atoms with Crippen LogP contribution in [0.25, 0.3) is 10.9 Å². The molecule has 6 rings (SSSR count). The number of aliphatic imine (C=N–C) groups is 1. The fourth-order valence-corrected chi connectivity index (χ4v) is 10.3. The molecular formula is C59H85N17O12. The van der Waals surface area contributed by atoms with Crippen molar-refractivity contribution in [3.8, 4) is 5.75 Å². The largest absolute Gasteiger partial charge is 0.497 e. The Morgan fingerprint density at radius 3 is 1.94 bits per heavy atom. The van der Waals surface area contributed by atoms with Crippen LogP contribution in [-0.4, -0.2) is 184 Å². The number of methoxy groups -OCH3 is 1. The van der Waals surface area contributed by atoms with Crippen molar-refractivity contribution >= 4 is 75.9 Å². The van der Waals surface area contributed by atoms with E-state index in [2.05, 4.69) is 67.8 Å². The average Bonchev–Trinajstić information content (AvgIpc) is 2.01. The van der Waals surface area contributed by atoms with Crippen molar-refractivity contribution in [2.45, 2.75) is 152 Å². The van der Waals surface area contributed by atoms with Crippen molar-refractivity contribution in [1.82, 2.24) is 67.7 Å². The number of likely N-dealkylation sites (N-methyl/N-ethyl adjacent to an activating group) is 1. The van der Waals surface area contributed by atoms with E-state index in [1.807, 2.05) is 32.0 Å². The van der Waals surface area contributed by atoms with Gasteiger partial charge in [0.1, 0.15) is 60.1 Å². The minimum Gasteiger partial charge on any atom is -0.497 e. The molecule has 29 nitrogen and oxygen atoms in total. The fraction of sp³-hybridized carbons (Fsp3) is 0.525. The van der Waals surface area contributed by atoms with E-state index in [1.165, 1.54) is 24.5 Å². The predicted octanol–water partition coefficient (Wildman–Crippen LogP) is -2.44. The molecule has 4 aromatic rings. The molecule has 9 atom stereocenters. The lowest BCUT2D eigenvalue weighted by atomic mass is 9.98. The molecule has 0 aliphatic carbocycles. The maximum atomic E-state index is 14.8. The molecule has 29 heteroatoms. The van der Waals surface area contributed by atoms with Gasteiger partial charge in [0.15, 0.2) is 5.96 Å². The van der Waals surface area contributed by atoms with E-state index in [4.69, 9.17) is 21.9 Å². The lowest BCUT2D eigenvalue weighted by molar-refractivity contribution is -0.150. The molecule has 2 fully saturated rings. The third-order valence-corrected chi connectivity index (χ3v) is 15.1. The van der Waals surface area contributed by atoms with Gasteiger partial charge in [0.2, 0.25) is 59.1 Å². The Bertz CT molecular complexity index is 3060. The van der Waals surface area contributed by atoms with Crippen molar-refractivity contribution in [2.75, 3.05) is 39.9 Å². The summed E-state index contributed by atoms with van der Waals surface area (Å²) in [5, 5.41) is 35.8. The second-order valence-corrected chi connectivity index (χ2v) is 22.3. The number of nitrogens with one attached hydrogen (secondary N) is 11. The summed E-state index contributed by atoms with van der Waals surface area (Å²) in [7, 11) is 1.47. The van der Waals surface area contributed by atoms with E-state index in [0.717, 1.165) is 10.9 Å². The van der Waals surface area contributed by atoms with Crippen LogP contribution in [0.5, 0.6) is 5.75 Å². The molecule has 2 aliphatic heterocycles. The van der Waals surface area contributed by atoms with Gasteiger partial charge in [-0.1, -0.05) is 44.2 Å². The van der Waals surface area contributed by atoms with Gasteiger partial charge in [-0.3, -0.25) is 52.9 Å². The third-order valence-electron chi connectivity index (χ3n) is 15.1. The highest BCUT2D eigenvalue weighted by Crippen LogP contribution is 2.22. The van der Waals surface area contributed by atoms with Gasteiger partial charge in [0.25, 0.3) is 0 Å². The van der Waals surface area contributed by atoms with Crippen molar-refractivity contribution in [3.63, 3.8) is 0 Å². The summed E-state index contributed by atoms with van der Waals surface area (Å²) >= 11 is 0. The summed E-state index contributed by atoms with van der Waals surface area (Å²) in [6.45, 7) is 5.45.